The Labute approximate surface area is 213 Å². The van der Waals surface area contributed by atoms with Gasteiger partial charge in [-0.1, -0.05) is 30.3 Å². The van der Waals surface area contributed by atoms with E-state index in [2.05, 4.69) is 35.3 Å². The number of aromatic nitrogens is 1. The van der Waals surface area contributed by atoms with E-state index in [1.165, 1.54) is 0 Å². The van der Waals surface area contributed by atoms with Crippen molar-refractivity contribution in [3.05, 3.63) is 71.9 Å². The smallest absolute Gasteiger partial charge is 0.410 e. The number of hydrogen-bond acceptors (Lipinski definition) is 6. The minimum Gasteiger partial charge on any atom is -0.494 e. The van der Waals surface area contributed by atoms with Gasteiger partial charge >= 0.3 is 6.09 Å². The molecule has 36 heavy (non-hydrogen) atoms. The van der Waals surface area contributed by atoms with Gasteiger partial charge in [-0.3, -0.25) is 4.98 Å². The first-order chi connectivity index (χ1) is 17.3. The van der Waals surface area contributed by atoms with Crippen LogP contribution in [-0.4, -0.2) is 59.1 Å². The first-order valence-electron chi connectivity index (χ1n) is 12.6. The zero-order valence-electron chi connectivity index (χ0n) is 21.4. The molecule has 0 spiro atoms. The summed E-state index contributed by atoms with van der Waals surface area (Å²) in [5.74, 6) is 0.910. The number of hydrogen-bond donors (Lipinski definition) is 1. The number of piperidine rings is 1. The van der Waals surface area contributed by atoms with Gasteiger partial charge in [0.2, 0.25) is 0 Å². The van der Waals surface area contributed by atoms with Gasteiger partial charge in [-0.25, -0.2) is 4.79 Å². The molecular weight excluding hydrogens is 456 g/mol. The van der Waals surface area contributed by atoms with Crippen LogP contribution in [0.15, 0.2) is 60.8 Å². The van der Waals surface area contributed by atoms with Gasteiger partial charge in [0, 0.05) is 37.1 Å². The SMILES string of the molecule is CC(C)(C)OC(=O)N1CC[C@H](c2ccc(OCCCO)cc2)[C@@H](OCc2ccc3cccnc3c2)C1. The van der Waals surface area contributed by atoms with Gasteiger partial charge in [0.25, 0.3) is 0 Å². The van der Waals surface area contributed by atoms with Crippen LogP contribution in [0.1, 0.15) is 50.7 Å². The van der Waals surface area contributed by atoms with Crippen LogP contribution in [0.3, 0.4) is 0 Å². The molecule has 192 valence electrons. The summed E-state index contributed by atoms with van der Waals surface area (Å²) in [6, 6.07) is 18.2. The largest absolute Gasteiger partial charge is 0.494 e. The lowest BCUT2D eigenvalue weighted by atomic mass is 9.87. The number of amides is 1. The van der Waals surface area contributed by atoms with Crippen LogP contribution in [0, 0.1) is 0 Å². The van der Waals surface area contributed by atoms with E-state index in [9.17, 15) is 4.79 Å². The lowest BCUT2D eigenvalue weighted by Gasteiger charge is -2.39. The van der Waals surface area contributed by atoms with Gasteiger partial charge in [-0.15, -0.1) is 0 Å². The molecule has 7 nitrogen and oxygen atoms in total. The average molecular weight is 493 g/mol. The van der Waals surface area contributed by atoms with E-state index < -0.39 is 5.60 Å². The number of carbonyl (C=O) groups excluding carboxylic acids is 1. The molecule has 1 fully saturated rings. The van der Waals surface area contributed by atoms with E-state index in [1.807, 2.05) is 45.0 Å². The molecule has 1 aromatic heterocycles. The number of carbonyl (C=O) groups is 1. The molecule has 0 unspecified atom stereocenters. The number of aliphatic hydroxyl groups excluding tert-OH is 1. The van der Waals surface area contributed by atoms with E-state index in [4.69, 9.17) is 19.3 Å². The summed E-state index contributed by atoms with van der Waals surface area (Å²) >= 11 is 0. The number of fused-ring (bicyclic) bond motifs is 1. The van der Waals surface area contributed by atoms with Gasteiger partial charge < -0.3 is 24.2 Å². The molecule has 2 heterocycles. The second-order valence-corrected chi connectivity index (χ2v) is 10.2. The monoisotopic (exact) mass is 492 g/mol. The Morgan fingerprint density at radius 3 is 2.69 bits per heavy atom. The van der Waals surface area contributed by atoms with Gasteiger partial charge in [-0.2, -0.15) is 0 Å². The minimum absolute atomic E-state index is 0.112. The highest BCUT2D eigenvalue weighted by atomic mass is 16.6. The fourth-order valence-electron chi connectivity index (χ4n) is 4.43. The molecule has 1 amide bonds. The zero-order chi connectivity index (χ0) is 25.5. The Kier molecular flexibility index (Phi) is 8.44. The summed E-state index contributed by atoms with van der Waals surface area (Å²) < 4.78 is 17.8. The zero-order valence-corrected chi connectivity index (χ0v) is 21.4. The Hall–Kier alpha value is -3.16. The number of ether oxygens (including phenoxy) is 3. The average Bonchev–Trinajstić information content (AvgIpc) is 2.87. The molecule has 1 aliphatic heterocycles. The van der Waals surface area contributed by atoms with Crippen molar-refractivity contribution >= 4 is 17.0 Å². The molecule has 2 atom stereocenters. The van der Waals surface area contributed by atoms with Crippen molar-refractivity contribution in [2.24, 2.45) is 0 Å². The van der Waals surface area contributed by atoms with Gasteiger partial charge in [0.1, 0.15) is 11.4 Å². The first-order valence-corrected chi connectivity index (χ1v) is 12.6. The number of rotatable bonds is 8. The Morgan fingerprint density at radius 1 is 1.14 bits per heavy atom. The molecule has 4 rings (SSSR count). The lowest BCUT2D eigenvalue weighted by Crippen LogP contribution is -2.48. The number of nitrogens with zero attached hydrogens (tertiary/aromatic N) is 2. The van der Waals surface area contributed by atoms with Crippen LogP contribution in [0.4, 0.5) is 4.79 Å². The molecule has 1 saturated heterocycles. The number of likely N-dealkylation sites (tertiary alicyclic amines) is 1. The number of benzene rings is 2. The molecule has 0 saturated carbocycles. The summed E-state index contributed by atoms with van der Waals surface area (Å²) in [5.41, 5.74) is 2.58. The van der Waals surface area contributed by atoms with Crippen molar-refractivity contribution in [1.29, 1.82) is 0 Å². The van der Waals surface area contributed by atoms with Crippen LogP contribution in [0.25, 0.3) is 10.9 Å². The number of aliphatic hydroxyl groups is 1. The highest BCUT2D eigenvalue weighted by molar-refractivity contribution is 5.78. The normalized spacial score (nSPS) is 18.3. The van der Waals surface area contributed by atoms with Crippen LogP contribution in [-0.2, 0) is 16.1 Å². The van der Waals surface area contributed by atoms with E-state index in [-0.39, 0.29) is 24.7 Å². The highest BCUT2D eigenvalue weighted by Gasteiger charge is 2.35. The fraction of sp³-hybridized carbons (Fsp3) is 0.448. The molecule has 0 aliphatic carbocycles. The summed E-state index contributed by atoms with van der Waals surface area (Å²) in [4.78, 5) is 19.0. The third kappa shape index (κ3) is 6.95. The second-order valence-electron chi connectivity index (χ2n) is 10.2. The molecular formula is C29H36N2O5. The Morgan fingerprint density at radius 2 is 1.94 bits per heavy atom. The van der Waals surface area contributed by atoms with Crippen molar-refractivity contribution in [3.8, 4) is 5.75 Å². The standard InChI is InChI=1S/C29H36N2O5/c1-29(2,3)36-28(33)31-15-13-25(22-9-11-24(12-10-22)34-17-5-16-32)27(19-31)35-20-21-7-8-23-6-4-14-30-26(23)18-21/h4,6-12,14,18,25,27,32H,5,13,15-17,19-20H2,1-3H3/t25-,27+/m1/s1. The number of pyridine rings is 1. The quantitative estimate of drug-likeness (QED) is 0.430. The highest BCUT2D eigenvalue weighted by Crippen LogP contribution is 2.33. The van der Waals surface area contributed by atoms with Gasteiger partial charge in [0.05, 0.1) is 31.4 Å². The summed E-state index contributed by atoms with van der Waals surface area (Å²) in [5, 5.41) is 10.1. The molecule has 3 aromatic rings. The molecule has 1 aliphatic rings. The van der Waals surface area contributed by atoms with Crippen molar-refractivity contribution in [3.63, 3.8) is 0 Å². The van der Waals surface area contributed by atoms with Gasteiger partial charge in [-0.05, 0) is 62.6 Å². The van der Waals surface area contributed by atoms with E-state index >= 15 is 0 Å². The maximum atomic E-state index is 12.8. The molecule has 2 aromatic carbocycles. The lowest BCUT2D eigenvalue weighted by molar-refractivity contribution is -0.0359. The predicted octanol–water partition coefficient (Wildman–Crippen LogP) is 5.31. The molecule has 1 N–H and O–H groups in total. The third-order valence-corrected chi connectivity index (χ3v) is 6.22. The van der Waals surface area contributed by atoms with Crippen molar-refractivity contribution in [2.45, 2.75) is 57.8 Å². The maximum absolute atomic E-state index is 12.8. The van der Waals surface area contributed by atoms with E-state index in [0.29, 0.717) is 32.7 Å². The molecule has 0 radical (unpaired) electrons. The van der Waals surface area contributed by atoms with E-state index in [1.54, 1.807) is 11.1 Å². The Bertz CT molecular complexity index is 1140. The Balaban J connectivity index is 1.49. The molecule has 7 heteroatoms. The van der Waals surface area contributed by atoms with Crippen LogP contribution in [0.5, 0.6) is 5.75 Å². The van der Waals surface area contributed by atoms with Crippen LogP contribution in [0.2, 0.25) is 0 Å². The fourth-order valence-corrected chi connectivity index (χ4v) is 4.43. The van der Waals surface area contributed by atoms with Crippen LogP contribution >= 0.6 is 0 Å². The summed E-state index contributed by atoms with van der Waals surface area (Å²) in [6.07, 6.45) is 2.67. The first kappa shape index (κ1) is 25.9. The predicted molar refractivity (Wildman–Crippen MR) is 139 cm³/mol. The summed E-state index contributed by atoms with van der Waals surface area (Å²) in [6.45, 7) is 7.72. The van der Waals surface area contributed by atoms with Crippen molar-refractivity contribution in [1.82, 2.24) is 9.88 Å². The van der Waals surface area contributed by atoms with Gasteiger partial charge in [0.15, 0.2) is 0 Å². The third-order valence-electron chi connectivity index (χ3n) is 6.22. The topological polar surface area (TPSA) is 81.1 Å². The van der Waals surface area contributed by atoms with Crippen molar-refractivity contribution < 1.29 is 24.1 Å². The minimum atomic E-state index is -0.547. The summed E-state index contributed by atoms with van der Waals surface area (Å²) in [7, 11) is 0. The van der Waals surface area contributed by atoms with Crippen LogP contribution < -0.4 is 4.74 Å². The van der Waals surface area contributed by atoms with E-state index in [0.717, 1.165) is 34.2 Å². The second kappa shape index (κ2) is 11.7. The maximum Gasteiger partial charge on any atom is 0.410 e. The molecule has 0 bridgehead atoms. The van der Waals surface area contributed by atoms with Crippen molar-refractivity contribution in [2.75, 3.05) is 26.3 Å².